The molecular weight excluding hydrogens is 186 g/mol. The van der Waals surface area contributed by atoms with Crippen molar-refractivity contribution in [3.63, 3.8) is 0 Å². The summed E-state index contributed by atoms with van der Waals surface area (Å²) in [6, 6.07) is 0. The van der Waals surface area contributed by atoms with Crippen molar-refractivity contribution >= 4 is 11.8 Å². The molecule has 1 aliphatic rings. The molecule has 0 aliphatic heterocycles. The maximum Gasteiger partial charge on any atom is 0.276 e. The van der Waals surface area contributed by atoms with E-state index in [1.54, 1.807) is 11.8 Å². The van der Waals surface area contributed by atoms with E-state index >= 15 is 0 Å². The number of nitrogens with two attached hydrogens (primary N) is 1. The molecule has 4 nitrogen and oxygen atoms in total. The summed E-state index contributed by atoms with van der Waals surface area (Å²) in [6.07, 6.45) is 5.20. The number of hydrogen-bond donors (Lipinski definition) is 1. The average molecular weight is 199 g/mol. The monoisotopic (exact) mass is 199 g/mol. The highest BCUT2D eigenvalue weighted by molar-refractivity contribution is 7.99. The maximum absolute atomic E-state index is 5.37. The van der Waals surface area contributed by atoms with Gasteiger partial charge in [-0.1, -0.05) is 24.6 Å². The van der Waals surface area contributed by atoms with Crippen LogP contribution in [0.4, 0.5) is 0 Å². The summed E-state index contributed by atoms with van der Waals surface area (Å²) in [5.74, 6) is 0.528. The molecule has 1 fully saturated rings. The first-order chi connectivity index (χ1) is 6.38. The van der Waals surface area contributed by atoms with Crippen LogP contribution in [0.15, 0.2) is 9.64 Å². The zero-order valence-corrected chi connectivity index (χ0v) is 8.22. The predicted molar refractivity (Wildman–Crippen MR) is 50.3 cm³/mol. The molecule has 0 atom stereocenters. The molecule has 0 aromatic carbocycles. The first kappa shape index (κ1) is 9.02. The van der Waals surface area contributed by atoms with Gasteiger partial charge in [0, 0.05) is 5.25 Å². The van der Waals surface area contributed by atoms with E-state index in [1.165, 1.54) is 25.7 Å². The largest absolute Gasteiger partial charge is 0.415 e. The van der Waals surface area contributed by atoms with Gasteiger partial charge in [-0.15, -0.1) is 10.2 Å². The van der Waals surface area contributed by atoms with E-state index in [4.69, 9.17) is 10.2 Å². The van der Waals surface area contributed by atoms with Crippen molar-refractivity contribution in [3.05, 3.63) is 5.89 Å². The third-order valence-electron chi connectivity index (χ3n) is 2.19. The van der Waals surface area contributed by atoms with Gasteiger partial charge in [0.2, 0.25) is 5.89 Å². The Morgan fingerprint density at radius 3 is 2.77 bits per heavy atom. The van der Waals surface area contributed by atoms with E-state index in [2.05, 4.69) is 10.2 Å². The normalized spacial score (nSPS) is 18.2. The molecule has 0 unspecified atom stereocenters. The highest BCUT2D eigenvalue weighted by atomic mass is 32.2. The fourth-order valence-corrected chi connectivity index (χ4v) is 2.60. The number of hydrogen-bond acceptors (Lipinski definition) is 5. The van der Waals surface area contributed by atoms with Gasteiger partial charge in [-0.3, -0.25) is 0 Å². The summed E-state index contributed by atoms with van der Waals surface area (Å²) in [5.41, 5.74) is 5.37. The quantitative estimate of drug-likeness (QED) is 0.800. The van der Waals surface area contributed by atoms with Crippen LogP contribution in [0.2, 0.25) is 0 Å². The van der Waals surface area contributed by atoms with Crippen molar-refractivity contribution in [3.8, 4) is 0 Å². The lowest BCUT2D eigenvalue weighted by Gasteiger charge is -2.02. The van der Waals surface area contributed by atoms with Gasteiger partial charge in [0.05, 0.1) is 6.54 Å². The molecule has 72 valence electrons. The van der Waals surface area contributed by atoms with Crippen molar-refractivity contribution in [2.24, 2.45) is 5.73 Å². The van der Waals surface area contributed by atoms with E-state index < -0.39 is 0 Å². The van der Waals surface area contributed by atoms with Crippen molar-refractivity contribution in [1.29, 1.82) is 0 Å². The Labute approximate surface area is 81.3 Å². The van der Waals surface area contributed by atoms with Crippen LogP contribution in [-0.2, 0) is 6.54 Å². The lowest BCUT2D eigenvalue weighted by atomic mass is 10.4. The van der Waals surface area contributed by atoms with Crippen LogP contribution >= 0.6 is 11.8 Å². The van der Waals surface area contributed by atoms with Crippen molar-refractivity contribution < 1.29 is 4.42 Å². The molecule has 1 heterocycles. The molecule has 0 radical (unpaired) electrons. The Kier molecular flexibility index (Phi) is 2.85. The van der Waals surface area contributed by atoms with Gasteiger partial charge >= 0.3 is 0 Å². The predicted octanol–water partition coefficient (Wildman–Crippen LogP) is 1.56. The standard InChI is InChI=1S/C8H13N3OS/c9-5-7-10-11-8(12-7)13-6-3-1-2-4-6/h6H,1-5,9H2. The number of thioether (sulfide) groups is 1. The highest BCUT2D eigenvalue weighted by Crippen LogP contribution is 2.33. The molecule has 13 heavy (non-hydrogen) atoms. The first-order valence-corrected chi connectivity index (χ1v) is 5.45. The van der Waals surface area contributed by atoms with Crippen molar-refractivity contribution in [2.45, 2.75) is 42.7 Å². The fraction of sp³-hybridized carbons (Fsp3) is 0.750. The Balaban J connectivity index is 1.92. The van der Waals surface area contributed by atoms with Crippen LogP contribution in [0.1, 0.15) is 31.6 Å². The van der Waals surface area contributed by atoms with Gasteiger partial charge < -0.3 is 10.2 Å². The summed E-state index contributed by atoms with van der Waals surface area (Å²) in [6.45, 7) is 0.332. The summed E-state index contributed by atoms with van der Waals surface area (Å²) < 4.78 is 5.31. The smallest absolute Gasteiger partial charge is 0.276 e. The Morgan fingerprint density at radius 2 is 2.15 bits per heavy atom. The first-order valence-electron chi connectivity index (χ1n) is 4.57. The van der Waals surface area contributed by atoms with Crippen LogP contribution in [0.5, 0.6) is 0 Å². The SMILES string of the molecule is NCc1nnc(SC2CCCC2)o1. The van der Waals surface area contributed by atoms with Crippen molar-refractivity contribution in [2.75, 3.05) is 0 Å². The van der Waals surface area contributed by atoms with Gasteiger partial charge in [0.25, 0.3) is 5.22 Å². The van der Waals surface area contributed by atoms with Gasteiger partial charge in [-0.25, -0.2) is 0 Å². The van der Waals surface area contributed by atoms with E-state index in [-0.39, 0.29) is 0 Å². The minimum Gasteiger partial charge on any atom is -0.415 e. The molecule has 1 aromatic heterocycles. The van der Waals surface area contributed by atoms with Crippen LogP contribution in [0, 0.1) is 0 Å². The van der Waals surface area contributed by atoms with Gasteiger partial charge in [-0.2, -0.15) is 0 Å². The molecule has 1 saturated carbocycles. The summed E-state index contributed by atoms with van der Waals surface area (Å²) in [7, 11) is 0. The van der Waals surface area contributed by atoms with Gasteiger partial charge in [0.1, 0.15) is 0 Å². The molecule has 1 aliphatic carbocycles. The third kappa shape index (κ3) is 2.22. The second-order valence-electron chi connectivity index (χ2n) is 3.19. The molecular formula is C8H13N3OS. The minimum absolute atomic E-state index is 0.332. The van der Waals surface area contributed by atoms with Gasteiger partial charge in [-0.05, 0) is 12.8 Å². The zero-order chi connectivity index (χ0) is 9.10. The van der Waals surface area contributed by atoms with Crippen LogP contribution < -0.4 is 5.73 Å². The molecule has 2 rings (SSSR count). The molecule has 0 spiro atoms. The number of rotatable bonds is 3. The lowest BCUT2D eigenvalue weighted by molar-refractivity contribution is 0.414. The van der Waals surface area contributed by atoms with E-state index in [0.717, 1.165) is 0 Å². The zero-order valence-electron chi connectivity index (χ0n) is 7.40. The third-order valence-corrected chi connectivity index (χ3v) is 3.36. The summed E-state index contributed by atoms with van der Waals surface area (Å²) >= 11 is 1.69. The number of aromatic nitrogens is 2. The maximum atomic E-state index is 5.37. The second kappa shape index (κ2) is 4.11. The topological polar surface area (TPSA) is 64.9 Å². The average Bonchev–Trinajstić information content (AvgIpc) is 2.76. The molecule has 0 saturated heterocycles. The summed E-state index contributed by atoms with van der Waals surface area (Å²) in [5, 5.41) is 9.08. The molecule has 5 heteroatoms. The van der Waals surface area contributed by atoms with E-state index in [1.807, 2.05) is 0 Å². The van der Waals surface area contributed by atoms with Crippen molar-refractivity contribution in [1.82, 2.24) is 10.2 Å². The Morgan fingerprint density at radius 1 is 1.38 bits per heavy atom. The molecule has 0 bridgehead atoms. The number of nitrogens with zero attached hydrogens (tertiary/aromatic N) is 2. The molecule has 1 aromatic rings. The highest BCUT2D eigenvalue weighted by Gasteiger charge is 2.18. The van der Waals surface area contributed by atoms with Crippen LogP contribution in [-0.4, -0.2) is 15.4 Å². The molecule has 2 N–H and O–H groups in total. The van der Waals surface area contributed by atoms with E-state index in [0.29, 0.717) is 22.9 Å². The Bertz CT molecular complexity index is 270. The minimum atomic E-state index is 0.332. The van der Waals surface area contributed by atoms with Gasteiger partial charge in [0.15, 0.2) is 0 Å². The fourth-order valence-electron chi connectivity index (χ4n) is 1.52. The molecule has 0 amide bonds. The lowest BCUT2D eigenvalue weighted by Crippen LogP contribution is -1.95. The van der Waals surface area contributed by atoms with E-state index in [9.17, 15) is 0 Å². The van der Waals surface area contributed by atoms with Crippen LogP contribution in [0.3, 0.4) is 0 Å². The Hall–Kier alpha value is -0.550. The summed E-state index contributed by atoms with van der Waals surface area (Å²) in [4.78, 5) is 0. The second-order valence-corrected chi connectivity index (χ2v) is 4.44. The van der Waals surface area contributed by atoms with Crippen LogP contribution in [0.25, 0.3) is 0 Å².